The highest BCUT2D eigenvalue weighted by Crippen LogP contribution is 2.31. The molecule has 1 N–H and O–H groups in total. The summed E-state index contributed by atoms with van der Waals surface area (Å²) in [4.78, 5) is 5.20. The average Bonchev–Trinajstić information content (AvgIpc) is 2.42. The maximum absolute atomic E-state index is 12.2. The Morgan fingerprint density at radius 2 is 1.65 bits per heavy atom. The van der Waals surface area contributed by atoms with Gasteiger partial charge < -0.3 is 5.32 Å². The molecular formula is C14H11F6N3. The molecule has 1 aromatic carbocycles. The molecule has 0 spiro atoms. The number of halogens is 6. The Hall–Kier alpha value is -2.16. The van der Waals surface area contributed by atoms with Crippen molar-refractivity contribution in [2.24, 2.45) is 0 Å². The second-order valence-corrected chi connectivity index (χ2v) is 4.69. The molecule has 1 aliphatic rings. The number of hydrogen-bond donors (Lipinski definition) is 1. The Bertz CT molecular complexity index is 653. The molecule has 2 heterocycles. The zero-order chi connectivity index (χ0) is 17.0. The van der Waals surface area contributed by atoms with Gasteiger partial charge >= 0.3 is 12.3 Å². The molecule has 1 unspecified atom stereocenters. The van der Waals surface area contributed by atoms with Gasteiger partial charge in [0.05, 0.1) is 11.8 Å². The fraction of sp³-hybridized carbons (Fsp3) is 0.286. The third-order valence-corrected chi connectivity index (χ3v) is 3.14. The molecule has 2 aromatic rings. The van der Waals surface area contributed by atoms with Gasteiger partial charge in [0.2, 0.25) is 0 Å². The summed E-state index contributed by atoms with van der Waals surface area (Å²) in [5.74, 6) is -2.72. The predicted molar refractivity (Wildman–Crippen MR) is 68.7 cm³/mol. The van der Waals surface area contributed by atoms with E-state index in [4.69, 9.17) is 0 Å². The summed E-state index contributed by atoms with van der Waals surface area (Å²) in [6, 6.07) is 5.60. The highest BCUT2D eigenvalue weighted by Gasteiger charge is 2.30. The number of rotatable bonds is 1. The molecule has 23 heavy (non-hydrogen) atoms. The van der Waals surface area contributed by atoms with Crippen molar-refractivity contribution in [3.05, 3.63) is 59.4 Å². The van der Waals surface area contributed by atoms with Crippen LogP contribution in [0.5, 0.6) is 0 Å². The number of hydrogen-bond acceptors (Lipinski definition) is 3. The number of nitrogens with zero attached hydrogens (tertiary/aromatic N) is 2. The summed E-state index contributed by atoms with van der Waals surface area (Å²) < 4.78 is 72.0. The van der Waals surface area contributed by atoms with Crippen LogP contribution in [0.2, 0.25) is 0 Å². The molecule has 0 amide bonds. The summed E-state index contributed by atoms with van der Waals surface area (Å²) in [5.41, 5.74) is 0.352. The molecule has 1 fully saturated rings. The van der Waals surface area contributed by atoms with E-state index in [2.05, 4.69) is 15.3 Å². The van der Waals surface area contributed by atoms with Crippen LogP contribution in [-0.2, 0) is 6.18 Å². The van der Waals surface area contributed by atoms with Crippen LogP contribution < -0.4 is 5.32 Å². The van der Waals surface area contributed by atoms with Gasteiger partial charge in [-0.05, 0) is 30.7 Å². The van der Waals surface area contributed by atoms with Gasteiger partial charge in [-0.15, -0.1) is 0 Å². The lowest BCUT2D eigenvalue weighted by molar-refractivity contribution is -0.137. The first-order valence-electron chi connectivity index (χ1n) is 6.51. The first kappa shape index (κ1) is 17.2. The van der Waals surface area contributed by atoms with Crippen LogP contribution >= 0.6 is 0 Å². The molecule has 0 bridgehead atoms. The third-order valence-electron chi connectivity index (χ3n) is 3.14. The van der Waals surface area contributed by atoms with Crippen molar-refractivity contribution in [2.75, 3.05) is 6.54 Å². The smallest absolute Gasteiger partial charge is 0.310 e. The van der Waals surface area contributed by atoms with E-state index in [1.165, 1.54) is 0 Å². The quantitative estimate of drug-likeness (QED) is 0.491. The molecule has 1 aromatic heterocycles. The van der Waals surface area contributed by atoms with Crippen molar-refractivity contribution in [1.29, 1.82) is 0 Å². The van der Waals surface area contributed by atoms with Crippen LogP contribution in [0, 0.1) is 17.8 Å². The molecular weight excluding hydrogens is 324 g/mol. The lowest BCUT2D eigenvalue weighted by atomic mass is 9.97. The van der Waals surface area contributed by atoms with E-state index in [9.17, 15) is 26.3 Å². The summed E-state index contributed by atoms with van der Waals surface area (Å²) >= 11 is 0. The second-order valence-electron chi connectivity index (χ2n) is 4.69. The van der Waals surface area contributed by atoms with Gasteiger partial charge in [0.25, 0.3) is 5.95 Å². The first-order valence-corrected chi connectivity index (χ1v) is 6.51. The van der Waals surface area contributed by atoms with Gasteiger partial charge in [-0.2, -0.15) is 26.9 Å². The van der Waals surface area contributed by atoms with Gasteiger partial charge in [-0.3, -0.25) is 0 Å². The summed E-state index contributed by atoms with van der Waals surface area (Å²) in [7, 11) is 0. The van der Waals surface area contributed by atoms with Crippen molar-refractivity contribution >= 4 is 0 Å². The van der Waals surface area contributed by atoms with Gasteiger partial charge in [-0.25, -0.2) is 9.37 Å². The van der Waals surface area contributed by atoms with E-state index in [0.29, 0.717) is 6.20 Å². The van der Waals surface area contributed by atoms with Gasteiger partial charge in [0, 0.05) is 6.04 Å². The molecule has 3 nitrogen and oxygen atoms in total. The lowest BCUT2D eigenvalue weighted by Crippen LogP contribution is -2.34. The fourth-order valence-corrected chi connectivity index (χ4v) is 1.80. The van der Waals surface area contributed by atoms with Crippen LogP contribution in [-0.4, -0.2) is 16.5 Å². The minimum atomic E-state index is -4.23. The Kier molecular flexibility index (Phi) is 5.19. The molecule has 0 aliphatic carbocycles. The molecule has 124 valence electrons. The van der Waals surface area contributed by atoms with E-state index >= 15 is 0 Å². The number of benzene rings is 1. The normalized spacial score (nSPS) is 17.0. The van der Waals surface area contributed by atoms with Crippen molar-refractivity contribution in [3.8, 4) is 0 Å². The van der Waals surface area contributed by atoms with Gasteiger partial charge in [0.1, 0.15) is 0 Å². The van der Waals surface area contributed by atoms with Crippen LogP contribution in [0.15, 0.2) is 30.5 Å². The molecule has 0 saturated carbocycles. The Morgan fingerprint density at radius 3 is 2.04 bits per heavy atom. The van der Waals surface area contributed by atoms with Crippen LogP contribution in [0.4, 0.5) is 26.3 Å². The Labute approximate surface area is 127 Å². The highest BCUT2D eigenvalue weighted by atomic mass is 19.4. The van der Waals surface area contributed by atoms with E-state index in [1.54, 1.807) is 12.1 Å². The number of alkyl halides is 3. The van der Waals surface area contributed by atoms with Crippen molar-refractivity contribution in [2.45, 2.75) is 18.6 Å². The largest absolute Gasteiger partial charge is 0.416 e. The molecule has 1 saturated heterocycles. The minimum Gasteiger partial charge on any atom is -0.310 e. The number of aromatic nitrogens is 2. The van der Waals surface area contributed by atoms with E-state index in [1.807, 2.05) is 0 Å². The highest BCUT2D eigenvalue weighted by molar-refractivity contribution is 5.27. The van der Waals surface area contributed by atoms with Crippen molar-refractivity contribution in [1.82, 2.24) is 15.3 Å². The zero-order valence-corrected chi connectivity index (χ0v) is 11.5. The van der Waals surface area contributed by atoms with Crippen LogP contribution in [0.3, 0.4) is 0 Å². The summed E-state index contributed by atoms with van der Waals surface area (Å²) in [6.07, 6.45) is -4.07. The van der Waals surface area contributed by atoms with Crippen molar-refractivity contribution < 1.29 is 26.3 Å². The molecule has 0 radical (unpaired) electrons. The van der Waals surface area contributed by atoms with Crippen molar-refractivity contribution in [3.63, 3.8) is 0 Å². The van der Waals surface area contributed by atoms with Gasteiger partial charge in [0.15, 0.2) is 5.82 Å². The van der Waals surface area contributed by atoms with Crippen LogP contribution in [0.1, 0.15) is 23.6 Å². The summed E-state index contributed by atoms with van der Waals surface area (Å²) in [6.45, 7) is 0.950. The maximum atomic E-state index is 12.2. The third kappa shape index (κ3) is 4.65. The van der Waals surface area contributed by atoms with E-state index < -0.39 is 29.6 Å². The summed E-state index contributed by atoms with van der Waals surface area (Å²) in [5, 5.41) is 3.14. The fourth-order valence-electron chi connectivity index (χ4n) is 1.80. The topological polar surface area (TPSA) is 37.8 Å². The van der Waals surface area contributed by atoms with E-state index in [-0.39, 0.29) is 6.04 Å². The standard InChI is InChI=1S/C10H10F3N.C4HF3N2/c11-10(12,13)8-3-1-7(2-4-8)9-5-6-14-9;5-2-1-8-4(7)9-3(2)6/h1-4,9,14H,5-6H2;1H. The predicted octanol–water partition coefficient (Wildman–Crippen LogP) is 3.63. The Morgan fingerprint density at radius 1 is 1.04 bits per heavy atom. The second kappa shape index (κ2) is 6.95. The molecule has 3 rings (SSSR count). The first-order chi connectivity index (χ1) is 10.8. The minimum absolute atomic E-state index is 0.247. The maximum Gasteiger partial charge on any atom is 0.416 e. The molecule has 1 aliphatic heterocycles. The monoisotopic (exact) mass is 335 g/mol. The lowest BCUT2D eigenvalue weighted by Gasteiger charge is -2.28. The van der Waals surface area contributed by atoms with Gasteiger partial charge in [-0.1, -0.05) is 12.1 Å². The zero-order valence-electron chi connectivity index (χ0n) is 11.5. The molecule has 9 heteroatoms. The SMILES string of the molecule is FC(F)(F)c1ccc(C2CCN2)cc1.Fc1ncc(F)c(F)n1. The molecule has 1 atom stereocenters. The average molecular weight is 335 g/mol. The Balaban J connectivity index is 0.000000185. The van der Waals surface area contributed by atoms with Crippen LogP contribution in [0.25, 0.3) is 0 Å². The number of nitrogens with one attached hydrogen (secondary N) is 1. The van der Waals surface area contributed by atoms with E-state index in [0.717, 1.165) is 30.7 Å².